The number of aliphatic hydroxyl groups excluding tert-OH is 2. The highest BCUT2D eigenvalue weighted by Crippen LogP contribution is 2.05. The van der Waals surface area contributed by atoms with Crippen molar-refractivity contribution in [2.45, 2.75) is 38.4 Å². The maximum Gasteiger partial charge on any atom is 0.328 e. The van der Waals surface area contributed by atoms with Gasteiger partial charge in [0.15, 0.2) is 0 Å². The molecular formula is C14H26N4O7. The molecule has 4 atom stereocenters. The van der Waals surface area contributed by atoms with Crippen molar-refractivity contribution in [3.8, 4) is 0 Å². The predicted octanol–water partition coefficient (Wildman–Crippen LogP) is -3.49. The highest BCUT2D eigenvalue weighted by molar-refractivity contribution is 5.92. The van der Waals surface area contributed by atoms with Gasteiger partial charge in [-0.3, -0.25) is 14.4 Å². The largest absolute Gasteiger partial charge is 0.480 e. The molecule has 11 heteroatoms. The zero-order valence-electron chi connectivity index (χ0n) is 14.2. The van der Waals surface area contributed by atoms with Crippen LogP contribution in [-0.2, 0) is 19.2 Å². The van der Waals surface area contributed by atoms with Gasteiger partial charge in [-0.05, 0) is 5.92 Å². The number of carbonyl (C=O) groups excluding carboxylic acids is 3. The fourth-order valence-electron chi connectivity index (χ4n) is 1.70. The second-order valence-electron chi connectivity index (χ2n) is 5.51. The Hall–Kier alpha value is -2.24. The van der Waals surface area contributed by atoms with Crippen molar-refractivity contribution in [2.75, 3.05) is 19.8 Å². The van der Waals surface area contributed by atoms with Crippen molar-refractivity contribution < 1.29 is 34.5 Å². The van der Waals surface area contributed by atoms with E-state index in [2.05, 4.69) is 10.6 Å². The van der Waals surface area contributed by atoms with Crippen LogP contribution in [0.15, 0.2) is 0 Å². The lowest BCUT2D eigenvalue weighted by atomic mass is 9.99. The first kappa shape index (κ1) is 22.8. The molecule has 4 unspecified atom stereocenters. The Balaban J connectivity index is 4.53. The van der Waals surface area contributed by atoms with E-state index in [1.54, 1.807) is 6.92 Å². The van der Waals surface area contributed by atoms with Gasteiger partial charge in [0, 0.05) is 0 Å². The second kappa shape index (κ2) is 11.3. The van der Waals surface area contributed by atoms with Gasteiger partial charge in [0.2, 0.25) is 17.7 Å². The standard InChI is InChI=1S/C14H26N4O7/c1-3-7(2)11(15)13(23)18-8(5-19)12(22)16-4-10(21)17-9(6-20)14(24)25/h7-9,11,19-20H,3-6,15H2,1-2H3,(H,16,22)(H,17,21)(H,18,23)(H,24,25). The number of rotatable bonds is 11. The van der Waals surface area contributed by atoms with Gasteiger partial charge in [-0.1, -0.05) is 20.3 Å². The Bertz CT molecular complexity index is 486. The zero-order chi connectivity index (χ0) is 19.6. The summed E-state index contributed by atoms with van der Waals surface area (Å²) in [6.07, 6.45) is 0.653. The molecule has 25 heavy (non-hydrogen) atoms. The van der Waals surface area contributed by atoms with Crippen LogP contribution in [0.25, 0.3) is 0 Å². The molecule has 0 heterocycles. The maximum absolute atomic E-state index is 11.9. The lowest BCUT2D eigenvalue weighted by Gasteiger charge is -2.22. The van der Waals surface area contributed by atoms with Crippen LogP contribution in [0.3, 0.4) is 0 Å². The van der Waals surface area contributed by atoms with Gasteiger partial charge < -0.3 is 37.0 Å². The number of nitrogens with two attached hydrogens (primary N) is 1. The number of aliphatic carboxylic acids is 1. The first-order valence-corrected chi connectivity index (χ1v) is 7.75. The molecule has 0 radical (unpaired) electrons. The topological polar surface area (TPSA) is 191 Å². The van der Waals surface area contributed by atoms with Gasteiger partial charge in [-0.2, -0.15) is 0 Å². The summed E-state index contributed by atoms with van der Waals surface area (Å²) in [5, 5.41) is 33.1. The Kier molecular flexibility index (Phi) is 10.3. The third kappa shape index (κ3) is 7.92. The van der Waals surface area contributed by atoms with Gasteiger partial charge in [0.1, 0.15) is 12.1 Å². The molecule has 0 aliphatic rings. The van der Waals surface area contributed by atoms with Crippen molar-refractivity contribution in [1.29, 1.82) is 0 Å². The molecule has 0 aromatic heterocycles. The lowest BCUT2D eigenvalue weighted by Crippen LogP contribution is -2.56. The molecule has 0 aromatic rings. The van der Waals surface area contributed by atoms with Gasteiger partial charge in [0.05, 0.1) is 25.8 Å². The van der Waals surface area contributed by atoms with E-state index in [9.17, 15) is 24.3 Å². The van der Waals surface area contributed by atoms with Crippen LogP contribution in [0.5, 0.6) is 0 Å². The molecule has 0 aliphatic carbocycles. The monoisotopic (exact) mass is 362 g/mol. The molecule has 0 aliphatic heterocycles. The predicted molar refractivity (Wildman–Crippen MR) is 86.1 cm³/mol. The van der Waals surface area contributed by atoms with Gasteiger partial charge in [-0.15, -0.1) is 0 Å². The molecule has 0 saturated heterocycles. The highest BCUT2D eigenvalue weighted by atomic mass is 16.4. The number of nitrogens with one attached hydrogen (secondary N) is 3. The average Bonchev–Trinajstić information content (AvgIpc) is 2.59. The summed E-state index contributed by atoms with van der Waals surface area (Å²) < 4.78 is 0. The molecular weight excluding hydrogens is 336 g/mol. The summed E-state index contributed by atoms with van der Waals surface area (Å²) in [4.78, 5) is 46.0. The normalized spacial score (nSPS) is 15.4. The molecule has 8 N–H and O–H groups in total. The number of hydrogen-bond acceptors (Lipinski definition) is 7. The smallest absolute Gasteiger partial charge is 0.328 e. The number of aliphatic hydroxyl groups is 2. The number of amides is 3. The van der Waals surface area contributed by atoms with Crippen molar-refractivity contribution in [3.63, 3.8) is 0 Å². The molecule has 0 spiro atoms. The molecule has 3 amide bonds. The van der Waals surface area contributed by atoms with E-state index in [1.807, 2.05) is 12.2 Å². The minimum atomic E-state index is -1.49. The number of hydrogen-bond donors (Lipinski definition) is 7. The summed E-state index contributed by atoms with van der Waals surface area (Å²) in [7, 11) is 0. The van der Waals surface area contributed by atoms with Crippen LogP contribution in [0.4, 0.5) is 0 Å². The fourth-order valence-corrected chi connectivity index (χ4v) is 1.70. The minimum absolute atomic E-state index is 0.125. The van der Waals surface area contributed by atoms with Crippen LogP contribution in [0, 0.1) is 5.92 Å². The molecule has 0 fully saturated rings. The van der Waals surface area contributed by atoms with E-state index in [4.69, 9.17) is 15.9 Å². The van der Waals surface area contributed by atoms with Crippen LogP contribution in [0.2, 0.25) is 0 Å². The summed E-state index contributed by atoms with van der Waals surface area (Å²) in [6, 6.07) is -3.65. The summed E-state index contributed by atoms with van der Waals surface area (Å²) in [5.41, 5.74) is 5.73. The quantitative estimate of drug-likeness (QED) is 0.197. The zero-order valence-corrected chi connectivity index (χ0v) is 14.2. The van der Waals surface area contributed by atoms with E-state index in [-0.39, 0.29) is 5.92 Å². The van der Waals surface area contributed by atoms with E-state index in [0.29, 0.717) is 6.42 Å². The minimum Gasteiger partial charge on any atom is -0.480 e. The molecule has 0 aromatic carbocycles. The van der Waals surface area contributed by atoms with Crippen LogP contribution >= 0.6 is 0 Å². The van der Waals surface area contributed by atoms with Gasteiger partial charge in [0.25, 0.3) is 0 Å². The van der Waals surface area contributed by atoms with Crippen molar-refractivity contribution in [3.05, 3.63) is 0 Å². The van der Waals surface area contributed by atoms with E-state index < -0.39 is 61.6 Å². The number of carbonyl (C=O) groups is 4. The van der Waals surface area contributed by atoms with Gasteiger partial charge >= 0.3 is 5.97 Å². The second-order valence-corrected chi connectivity index (χ2v) is 5.51. The van der Waals surface area contributed by atoms with Crippen molar-refractivity contribution in [1.82, 2.24) is 16.0 Å². The van der Waals surface area contributed by atoms with Gasteiger partial charge in [-0.25, -0.2) is 4.79 Å². The van der Waals surface area contributed by atoms with Crippen LogP contribution in [-0.4, -0.2) is 76.9 Å². The molecule has 11 nitrogen and oxygen atoms in total. The Labute approximate surface area is 145 Å². The first-order valence-electron chi connectivity index (χ1n) is 7.75. The van der Waals surface area contributed by atoms with Crippen molar-refractivity contribution >= 4 is 23.7 Å². The first-order chi connectivity index (χ1) is 11.7. The van der Waals surface area contributed by atoms with E-state index >= 15 is 0 Å². The summed E-state index contributed by atoms with van der Waals surface area (Å²) in [5.74, 6) is -3.85. The average molecular weight is 362 g/mol. The van der Waals surface area contributed by atoms with Crippen LogP contribution < -0.4 is 21.7 Å². The Morgan fingerprint density at radius 3 is 2.00 bits per heavy atom. The highest BCUT2D eigenvalue weighted by Gasteiger charge is 2.26. The maximum atomic E-state index is 11.9. The number of carboxylic acids is 1. The Morgan fingerprint density at radius 2 is 1.56 bits per heavy atom. The van der Waals surface area contributed by atoms with Crippen molar-refractivity contribution in [2.24, 2.45) is 11.7 Å². The summed E-state index contributed by atoms with van der Waals surface area (Å²) in [6.45, 7) is 1.51. The molecule has 0 bridgehead atoms. The SMILES string of the molecule is CCC(C)C(N)C(=O)NC(CO)C(=O)NCC(=O)NC(CO)C(=O)O. The lowest BCUT2D eigenvalue weighted by molar-refractivity contribution is -0.142. The van der Waals surface area contributed by atoms with E-state index in [1.165, 1.54) is 0 Å². The fraction of sp³-hybridized carbons (Fsp3) is 0.714. The Morgan fingerprint density at radius 1 is 1.00 bits per heavy atom. The third-order valence-electron chi connectivity index (χ3n) is 3.61. The molecule has 0 rings (SSSR count). The summed E-state index contributed by atoms with van der Waals surface area (Å²) >= 11 is 0. The molecule has 144 valence electrons. The molecule has 0 saturated carbocycles. The third-order valence-corrected chi connectivity index (χ3v) is 3.61. The van der Waals surface area contributed by atoms with E-state index in [0.717, 1.165) is 0 Å². The number of carboxylic acid groups (broad SMARTS) is 1. The van der Waals surface area contributed by atoms with Crippen LogP contribution in [0.1, 0.15) is 20.3 Å².